The Balaban J connectivity index is 0.00000363. The Hall–Kier alpha value is -1.88. The third-order valence-electron chi connectivity index (χ3n) is 5.42. The van der Waals surface area contributed by atoms with Crippen molar-refractivity contribution in [3.8, 4) is 0 Å². The van der Waals surface area contributed by atoms with Gasteiger partial charge in [-0.25, -0.2) is 13.4 Å². The summed E-state index contributed by atoms with van der Waals surface area (Å²) in [7, 11) is -3.16. The van der Waals surface area contributed by atoms with Crippen LogP contribution in [0, 0.1) is 6.92 Å². The number of rotatable bonds is 7. The first kappa shape index (κ1) is 26.4. The van der Waals surface area contributed by atoms with Gasteiger partial charge in [-0.2, -0.15) is 0 Å². The van der Waals surface area contributed by atoms with Crippen molar-refractivity contribution in [2.45, 2.75) is 44.0 Å². The van der Waals surface area contributed by atoms with E-state index in [9.17, 15) is 8.42 Å². The van der Waals surface area contributed by atoms with Crippen LogP contribution >= 0.6 is 24.0 Å². The molecule has 32 heavy (non-hydrogen) atoms. The van der Waals surface area contributed by atoms with Gasteiger partial charge in [-0.05, 0) is 62.4 Å². The average Bonchev–Trinajstić information content (AvgIpc) is 2.75. The lowest BCUT2D eigenvalue weighted by Crippen LogP contribution is -2.49. The van der Waals surface area contributed by atoms with E-state index in [1.807, 2.05) is 18.3 Å². The molecule has 1 aliphatic rings. The SMILES string of the molecule is CCNC(=NCCc1ccc(S(C)(=O)=O)cc1)NC1CCN(c2ccc(C)cn2)CC1.I. The van der Waals surface area contributed by atoms with Gasteiger partial charge < -0.3 is 15.5 Å². The minimum absolute atomic E-state index is 0. The molecule has 0 saturated carbocycles. The molecule has 0 unspecified atom stereocenters. The van der Waals surface area contributed by atoms with Gasteiger partial charge in [0.05, 0.1) is 4.90 Å². The molecular formula is C23H34IN5O2S. The molecule has 2 heterocycles. The fourth-order valence-corrected chi connectivity index (χ4v) is 4.24. The molecule has 1 aliphatic heterocycles. The van der Waals surface area contributed by atoms with Gasteiger partial charge >= 0.3 is 0 Å². The number of piperidine rings is 1. The number of aliphatic imine (C=N–C) groups is 1. The lowest BCUT2D eigenvalue weighted by atomic mass is 10.1. The first-order valence-electron chi connectivity index (χ1n) is 10.9. The Morgan fingerprint density at radius 1 is 1.16 bits per heavy atom. The normalized spacial score (nSPS) is 15.2. The highest BCUT2D eigenvalue weighted by molar-refractivity contribution is 14.0. The van der Waals surface area contributed by atoms with E-state index in [2.05, 4.69) is 46.5 Å². The van der Waals surface area contributed by atoms with Crippen molar-refractivity contribution < 1.29 is 8.42 Å². The van der Waals surface area contributed by atoms with Crippen molar-refractivity contribution >= 4 is 45.6 Å². The Kier molecular flexibility index (Phi) is 10.2. The maximum absolute atomic E-state index is 11.6. The standard InChI is InChI=1S/C23H33N5O2S.HI/c1-4-24-23(25-14-11-19-6-8-21(9-7-19)31(3,29)30)27-20-12-15-28(16-13-20)22-10-5-18(2)17-26-22;/h5-10,17,20H,4,11-16H2,1-3H3,(H2,24,25,27);1H. The van der Waals surface area contributed by atoms with E-state index in [0.29, 0.717) is 17.5 Å². The minimum Gasteiger partial charge on any atom is -0.357 e. The van der Waals surface area contributed by atoms with Crippen molar-refractivity contribution in [3.63, 3.8) is 0 Å². The van der Waals surface area contributed by atoms with Crippen LogP contribution in [0.4, 0.5) is 5.82 Å². The molecule has 1 aromatic carbocycles. The van der Waals surface area contributed by atoms with Gasteiger partial charge in [0.1, 0.15) is 5.82 Å². The smallest absolute Gasteiger partial charge is 0.191 e. The molecule has 0 radical (unpaired) electrons. The van der Waals surface area contributed by atoms with Crippen molar-refractivity contribution in [3.05, 3.63) is 53.7 Å². The van der Waals surface area contributed by atoms with Gasteiger partial charge in [0.25, 0.3) is 0 Å². The first-order valence-corrected chi connectivity index (χ1v) is 12.8. The highest BCUT2D eigenvalue weighted by Gasteiger charge is 2.20. The highest BCUT2D eigenvalue weighted by atomic mass is 127. The first-order chi connectivity index (χ1) is 14.8. The number of halogens is 1. The molecule has 2 N–H and O–H groups in total. The van der Waals surface area contributed by atoms with E-state index in [-0.39, 0.29) is 24.0 Å². The third kappa shape index (κ3) is 7.91. The van der Waals surface area contributed by atoms with E-state index >= 15 is 0 Å². The summed E-state index contributed by atoms with van der Waals surface area (Å²) in [5.74, 6) is 1.88. The largest absolute Gasteiger partial charge is 0.357 e. The number of aryl methyl sites for hydroxylation is 1. The highest BCUT2D eigenvalue weighted by Crippen LogP contribution is 2.18. The van der Waals surface area contributed by atoms with Crippen LogP contribution in [0.2, 0.25) is 0 Å². The van der Waals surface area contributed by atoms with Crippen LogP contribution in [0.15, 0.2) is 52.5 Å². The molecule has 176 valence electrons. The van der Waals surface area contributed by atoms with E-state index in [4.69, 9.17) is 4.99 Å². The molecule has 2 aromatic rings. The lowest BCUT2D eigenvalue weighted by Gasteiger charge is -2.33. The summed E-state index contributed by atoms with van der Waals surface area (Å²) in [5, 5.41) is 6.89. The van der Waals surface area contributed by atoms with Gasteiger partial charge in [-0.1, -0.05) is 18.2 Å². The van der Waals surface area contributed by atoms with E-state index < -0.39 is 9.84 Å². The molecule has 0 atom stereocenters. The van der Waals surface area contributed by atoms with Gasteiger partial charge in [0.15, 0.2) is 15.8 Å². The van der Waals surface area contributed by atoms with Gasteiger partial charge in [0, 0.05) is 44.7 Å². The number of sulfone groups is 1. The van der Waals surface area contributed by atoms with Gasteiger partial charge in [-0.3, -0.25) is 4.99 Å². The number of nitrogens with one attached hydrogen (secondary N) is 2. The fourth-order valence-electron chi connectivity index (χ4n) is 3.61. The summed E-state index contributed by atoms with van der Waals surface area (Å²) in [6.07, 6.45) is 5.98. The number of pyridine rings is 1. The number of hydrogen-bond donors (Lipinski definition) is 2. The second-order valence-corrected chi connectivity index (χ2v) is 10.0. The van der Waals surface area contributed by atoms with Crippen LogP contribution in [0.5, 0.6) is 0 Å². The van der Waals surface area contributed by atoms with Crippen molar-refractivity contribution in [2.75, 3.05) is 37.3 Å². The fraction of sp³-hybridized carbons (Fsp3) is 0.478. The van der Waals surface area contributed by atoms with Crippen molar-refractivity contribution in [1.29, 1.82) is 0 Å². The zero-order chi connectivity index (χ0) is 22.3. The van der Waals surface area contributed by atoms with Crippen LogP contribution in [-0.4, -0.2) is 57.8 Å². The number of hydrogen-bond acceptors (Lipinski definition) is 5. The van der Waals surface area contributed by atoms with Crippen LogP contribution in [-0.2, 0) is 16.3 Å². The second-order valence-electron chi connectivity index (χ2n) is 8.03. The number of aromatic nitrogens is 1. The molecule has 0 spiro atoms. The second kappa shape index (κ2) is 12.4. The molecular weight excluding hydrogens is 537 g/mol. The Labute approximate surface area is 209 Å². The van der Waals surface area contributed by atoms with Crippen LogP contribution in [0.3, 0.4) is 0 Å². The van der Waals surface area contributed by atoms with Crippen LogP contribution < -0.4 is 15.5 Å². The Morgan fingerprint density at radius 3 is 2.41 bits per heavy atom. The molecule has 1 aromatic heterocycles. The van der Waals surface area contributed by atoms with E-state index in [1.54, 1.807) is 12.1 Å². The average molecular weight is 572 g/mol. The molecule has 0 amide bonds. The summed E-state index contributed by atoms with van der Waals surface area (Å²) >= 11 is 0. The molecule has 0 bridgehead atoms. The van der Waals surface area contributed by atoms with Crippen LogP contribution in [0.1, 0.15) is 30.9 Å². The van der Waals surface area contributed by atoms with Crippen molar-refractivity contribution in [2.24, 2.45) is 4.99 Å². The summed E-state index contributed by atoms with van der Waals surface area (Å²) in [4.78, 5) is 11.9. The summed E-state index contributed by atoms with van der Waals surface area (Å²) in [5.41, 5.74) is 2.25. The van der Waals surface area contributed by atoms with Crippen LogP contribution in [0.25, 0.3) is 0 Å². The number of guanidine groups is 1. The van der Waals surface area contributed by atoms with E-state index in [1.165, 1.54) is 11.8 Å². The summed E-state index contributed by atoms with van der Waals surface area (Å²) in [6, 6.07) is 11.6. The summed E-state index contributed by atoms with van der Waals surface area (Å²) < 4.78 is 23.2. The molecule has 1 saturated heterocycles. The number of benzene rings is 1. The third-order valence-corrected chi connectivity index (χ3v) is 6.55. The Bertz CT molecular complexity index is 970. The monoisotopic (exact) mass is 571 g/mol. The predicted octanol–water partition coefficient (Wildman–Crippen LogP) is 3.18. The summed E-state index contributed by atoms with van der Waals surface area (Å²) in [6.45, 7) is 7.51. The maximum Gasteiger partial charge on any atom is 0.191 e. The predicted molar refractivity (Wildman–Crippen MR) is 142 cm³/mol. The maximum atomic E-state index is 11.6. The topological polar surface area (TPSA) is 86.7 Å². The Morgan fingerprint density at radius 2 is 1.84 bits per heavy atom. The molecule has 7 nitrogen and oxygen atoms in total. The van der Waals surface area contributed by atoms with E-state index in [0.717, 1.165) is 56.2 Å². The molecule has 1 fully saturated rings. The number of nitrogens with zero attached hydrogens (tertiary/aromatic N) is 3. The molecule has 3 rings (SSSR count). The zero-order valence-electron chi connectivity index (χ0n) is 19.0. The zero-order valence-corrected chi connectivity index (χ0v) is 22.2. The number of anilines is 1. The van der Waals surface area contributed by atoms with Gasteiger partial charge in [-0.15, -0.1) is 24.0 Å². The minimum atomic E-state index is -3.16. The van der Waals surface area contributed by atoms with Gasteiger partial charge in [0.2, 0.25) is 0 Å². The molecule has 9 heteroatoms. The van der Waals surface area contributed by atoms with Crippen molar-refractivity contribution in [1.82, 2.24) is 15.6 Å². The quantitative estimate of drug-likeness (QED) is 0.302. The molecule has 0 aliphatic carbocycles. The lowest BCUT2D eigenvalue weighted by molar-refractivity contribution is 0.459.